The van der Waals surface area contributed by atoms with Gasteiger partial charge in [0.15, 0.2) is 5.82 Å². The summed E-state index contributed by atoms with van der Waals surface area (Å²) in [6.07, 6.45) is 3.94. The number of hydrogen-bond acceptors (Lipinski definition) is 8. The number of para-hydroxylation sites is 2. The molecule has 2 aliphatic rings. The fourth-order valence-corrected chi connectivity index (χ4v) is 6.20. The number of piperidine rings is 1. The van der Waals surface area contributed by atoms with E-state index >= 15 is 0 Å². The molecule has 4 rings (SSSR count). The molecule has 0 saturated carbocycles. The molecule has 2 aromatic carbocycles. The standard InChI is InChI=1S/C31H42N4O7/c1-23-10-3-5-13-27(23)42-28-14-6-4-12-26(28)31(38,16-7-8-19-41-2)24-11-9-17-33(20-24)29(22-35(39)40)34-18-15-25(21-34)32-30(36)37/h3-6,10,12-14,22,24-25,32,38H,7-9,11,15-21H2,1-2H3,(H,36,37)/t24-,25+,31+/m1/s1. The van der Waals surface area contributed by atoms with Crippen molar-refractivity contribution in [1.29, 1.82) is 0 Å². The number of likely N-dealkylation sites (tertiary alicyclic amines) is 2. The highest BCUT2D eigenvalue weighted by Gasteiger charge is 2.43. The summed E-state index contributed by atoms with van der Waals surface area (Å²) in [6.45, 7) is 4.43. The van der Waals surface area contributed by atoms with Crippen LogP contribution in [0.4, 0.5) is 4.79 Å². The van der Waals surface area contributed by atoms with Crippen molar-refractivity contribution in [3.8, 4) is 11.5 Å². The first-order chi connectivity index (χ1) is 20.2. The lowest BCUT2D eigenvalue weighted by atomic mass is 9.73. The van der Waals surface area contributed by atoms with Gasteiger partial charge in [0.25, 0.3) is 6.20 Å². The van der Waals surface area contributed by atoms with E-state index in [9.17, 15) is 20.0 Å². The number of aliphatic hydroxyl groups is 1. The van der Waals surface area contributed by atoms with Crippen LogP contribution in [0.15, 0.2) is 60.6 Å². The van der Waals surface area contributed by atoms with Crippen LogP contribution < -0.4 is 10.1 Å². The van der Waals surface area contributed by atoms with Crippen molar-refractivity contribution < 1.29 is 29.4 Å². The first-order valence-corrected chi connectivity index (χ1v) is 14.6. The number of benzene rings is 2. The Balaban J connectivity index is 1.64. The average Bonchev–Trinajstić information content (AvgIpc) is 3.43. The third-order valence-corrected chi connectivity index (χ3v) is 8.30. The van der Waals surface area contributed by atoms with Crippen LogP contribution in [0, 0.1) is 23.0 Å². The second-order valence-corrected chi connectivity index (χ2v) is 11.2. The van der Waals surface area contributed by atoms with E-state index in [1.165, 1.54) is 0 Å². The number of unbranched alkanes of at least 4 members (excludes halogenated alkanes) is 1. The number of nitrogens with zero attached hydrogens (tertiary/aromatic N) is 3. The highest BCUT2D eigenvalue weighted by Crippen LogP contribution is 2.45. The summed E-state index contributed by atoms with van der Waals surface area (Å²) in [4.78, 5) is 26.3. The Morgan fingerprint density at radius 3 is 2.52 bits per heavy atom. The van der Waals surface area contributed by atoms with Gasteiger partial charge in [0.05, 0.1) is 16.6 Å². The third kappa shape index (κ3) is 7.71. The largest absolute Gasteiger partial charge is 0.465 e. The van der Waals surface area contributed by atoms with Crippen molar-refractivity contribution in [3.63, 3.8) is 0 Å². The quantitative estimate of drug-likeness (QED) is 0.171. The number of aryl methyl sites for hydroxylation is 1. The molecule has 228 valence electrons. The van der Waals surface area contributed by atoms with Crippen LogP contribution in [-0.2, 0) is 10.3 Å². The molecule has 0 spiro atoms. The molecule has 0 unspecified atom stereocenters. The van der Waals surface area contributed by atoms with Gasteiger partial charge in [-0.1, -0.05) is 36.4 Å². The molecule has 42 heavy (non-hydrogen) atoms. The molecule has 1 amide bonds. The molecule has 0 aromatic heterocycles. The van der Waals surface area contributed by atoms with E-state index in [1.54, 1.807) is 7.11 Å². The molecular formula is C31H42N4O7. The zero-order valence-electron chi connectivity index (χ0n) is 24.4. The van der Waals surface area contributed by atoms with E-state index in [4.69, 9.17) is 14.6 Å². The lowest BCUT2D eigenvalue weighted by Gasteiger charge is -2.45. The predicted molar refractivity (Wildman–Crippen MR) is 158 cm³/mol. The number of hydrogen-bond donors (Lipinski definition) is 3. The second-order valence-electron chi connectivity index (χ2n) is 11.2. The van der Waals surface area contributed by atoms with Crippen LogP contribution in [0.1, 0.15) is 49.7 Å². The molecule has 2 aliphatic heterocycles. The third-order valence-electron chi connectivity index (χ3n) is 8.30. The summed E-state index contributed by atoms with van der Waals surface area (Å²) in [7, 11) is 1.66. The molecule has 11 heteroatoms. The molecule has 2 heterocycles. The van der Waals surface area contributed by atoms with Crippen LogP contribution in [0.25, 0.3) is 0 Å². The van der Waals surface area contributed by atoms with Gasteiger partial charge < -0.3 is 34.8 Å². The van der Waals surface area contributed by atoms with Crippen molar-refractivity contribution in [3.05, 3.63) is 81.8 Å². The number of rotatable bonds is 13. The smallest absolute Gasteiger partial charge is 0.404 e. The zero-order valence-corrected chi connectivity index (χ0v) is 24.4. The van der Waals surface area contributed by atoms with Gasteiger partial charge >= 0.3 is 6.09 Å². The Morgan fingerprint density at radius 1 is 1.10 bits per heavy atom. The average molecular weight is 583 g/mol. The molecule has 0 radical (unpaired) electrons. The summed E-state index contributed by atoms with van der Waals surface area (Å²) in [5, 5.41) is 36.0. The van der Waals surface area contributed by atoms with Gasteiger partial charge in [-0.05, 0) is 63.1 Å². The first kappa shape index (κ1) is 31.1. The van der Waals surface area contributed by atoms with E-state index in [1.807, 2.05) is 65.3 Å². The second kappa shape index (κ2) is 14.4. The number of methoxy groups -OCH3 is 1. The Hall–Kier alpha value is -3.83. The molecule has 11 nitrogen and oxygen atoms in total. The molecule has 0 aliphatic carbocycles. The number of carbonyl (C=O) groups is 1. The minimum absolute atomic E-state index is 0.235. The van der Waals surface area contributed by atoms with Gasteiger partial charge in [-0.3, -0.25) is 10.1 Å². The van der Waals surface area contributed by atoms with E-state index in [-0.39, 0.29) is 12.0 Å². The maximum atomic E-state index is 12.6. The number of ether oxygens (including phenoxy) is 2. The Labute approximate surface area is 246 Å². The molecule has 0 bridgehead atoms. The molecular weight excluding hydrogens is 540 g/mol. The van der Waals surface area contributed by atoms with Crippen molar-refractivity contribution in [1.82, 2.24) is 15.1 Å². The van der Waals surface area contributed by atoms with Crippen LogP contribution >= 0.6 is 0 Å². The monoisotopic (exact) mass is 582 g/mol. The zero-order chi connectivity index (χ0) is 30.1. The molecule has 2 fully saturated rings. The van der Waals surface area contributed by atoms with Crippen molar-refractivity contribution in [2.45, 2.75) is 57.1 Å². The molecule has 2 saturated heterocycles. The summed E-state index contributed by atoms with van der Waals surface area (Å²) in [6, 6.07) is 15.0. The Bertz CT molecular complexity index is 1260. The fraction of sp³-hybridized carbons (Fsp3) is 0.516. The van der Waals surface area contributed by atoms with Gasteiger partial charge in [0, 0.05) is 51.4 Å². The summed E-state index contributed by atoms with van der Waals surface area (Å²) >= 11 is 0. The predicted octanol–water partition coefficient (Wildman–Crippen LogP) is 4.92. The van der Waals surface area contributed by atoms with Gasteiger partial charge in [0.1, 0.15) is 11.5 Å². The molecule has 3 atom stereocenters. The van der Waals surface area contributed by atoms with Crippen molar-refractivity contribution in [2.75, 3.05) is 39.9 Å². The summed E-state index contributed by atoms with van der Waals surface area (Å²) < 4.78 is 11.7. The highest BCUT2D eigenvalue weighted by atomic mass is 16.6. The summed E-state index contributed by atoms with van der Waals surface area (Å²) in [5.74, 6) is 1.51. The van der Waals surface area contributed by atoms with Crippen molar-refractivity contribution in [2.24, 2.45) is 5.92 Å². The van der Waals surface area contributed by atoms with Gasteiger partial charge in [-0.25, -0.2) is 4.79 Å². The molecule has 2 aromatic rings. The Kier molecular flexibility index (Phi) is 10.6. The van der Waals surface area contributed by atoms with Gasteiger partial charge in [-0.2, -0.15) is 0 Å². The SMILES string of the molecule is COCCCC[C@@](O)(c1ccccc1Oc1ccccc1C)[C@@H]1CCCN(C(=C[N+](=O)[O-])N2CC[C@H](NC(=O)O)C2)C1. The fourth-order valence-electron chi connectivity index (χ4n) is 6.20. The van der Waals surface area contributed by atoms with Crippen molar-refractivity contribution >= 4 is 6.09 Å². The van der Waals surface area contributed by atoms with E-state index in [0.29, 0.717) is 68.5 Å². The minimum atomic E-state index is -1.26. The lowest BCUT2D eigenvalue weighted by molar-refractivity contribution is -0.405. The van der Waals surface area contributed by atoms with Gasteiger partial charge in [0.2, 0.25) is 0 Å². The van der Waals surface area contributed by atoms with Crippen LogP contribution in [0.2, 0.25) is 0 Å². The van der Waals surface area contributed by atoms with Crippen LogP contribution in [0.5, 0.6) is 11.5 Å². The van der Waals surface area contributed by atoms with E-state index in [0.717, 1.165) is 37.4 Å². The van der Waals surface area contributed by atoms with E-state index < -0.39 is 16.6 Å². The topological polar surface area (TPSA) is 138 Å². The Morgan fingerprint density at radius 2 is 1.81 bits per heavy atom. The number of carboxylic acid groups (broad SMARTS) is 1. The number of amides is 1. The van der Waals surface area contributed by atoms with Crippen LogP contribution in [0.3, 0.4) is 0 Å². The minimum Gasteiger partial charge on any atom is -0.465 e. The molecule has 3 N–H and O–H groups in total. The van der Waals surface area contributed by atoms with Gasteiger partial charge in [-0.15, -0.1) is 0 Å². The van der Waals surface area contributed by atoms with E-state index in [2.05, 4.69) is 5.32 Å². The highest BCUT2D eigenvalue weighted by molar-refractivity contribution is 5.64. The summed E-state index contributed by atoms with van der Waals surface area (Å²) in [5.41, 5.74) is 0.420. The lowest BCUT2D eigenvalue weighted by Crippen LogP contribution is -2.48. The number of nitrogens with one attached hydrogen (secondary N) is 1. The maximum absolute atomic E-state index is 12.6. The number of nitro groups is 1. The maximum Gasteiger partial charge on any atom is 0.404 e. The first-order valence-electron chi connectivity index (χ1n) is 14.6. The van der Waals surface area contributed by atoms with Crippen LogP contribution in [-0.4, -0.2) is 77.0 Å². The normalized spacial score (nSPS) is 20.7.